The monoisotopic (exact) mass is 429 g/mol. The van der Waals surface area contributed by atoms with Gasteiger partial charge < -0.3 is 4.74 Å². The number of ether oxygens (including phenoxy) is 1. The van der Waals surface area contributed by atoms with Gasteiger partial charge in [0.05, 0.1) is 12.3 Å². The Hall–Kier alpha value is -2.77. The molecule has 0 aliphatic heterocycles. The van der Waals surface area contributed by atoms with Crippen LogP contribution in [0.2, 0.25) is 5.02 Å². The molecular weight excluding hydrogens is 410 g/mol. The first-order valence-electron chi connectivity index (χ1n) is 9.06. The third-order valence-corrected chi connectivity index (χ3v) is 5.27. The van der Waals surface area contributed by atoms with Gasteiger partial charge in [0.15, 0.2) is 0 Å². The van der Waals surface area contributed by atoms with Gasteiger partial charge in [-0.15, -0.1) is 10.2 Å². The Balaban J connectivity index is 1.61. The van der Waals surface area contributed by atoms with E-state index in [0.29, 0.717) is 34.5 Å². The molecule has 3 aromatic rings. The number of nitrogens with zero attached hydrogens (tertiary/aromatic N) is 2. The van der Waals surface area contributed by atoms with E-state index in [1.54, 1.807) is 37.3 Å². The SMILES string of the molecule is CCS(=O)NC(=O)c1cccc(-c2ccc(OCCc3ccc(Cl)cc3)nn2)c1. The van der Waals surface area contributed by atoms with Crippen LogP contribution < -0.4 is 9.46 Å². The predicted molar refractivity (Wildman–Crippen MR) is 114 cm³/mol. The molecule has 150 valence electrons. The summed E-state index contributed by atoms with van der Waals surface area (Å²) in [5.74, 6) is 0.397. The maximum atomic E-state index is 12.1. The molecule has 1 unspecified atom stereocenters. The Bertz CT molecular complexity index is 995. The molecule has 0 bridgehead atoms. The maximum absolute atomic E-state index is 12.1. The van der Waals surface area contributed by atoms with Crippen molar-refractivity contribution in [2.75, 3.05) is 12.4 Å². The molecule has 0 aliphatic carbocycles. The van der Waals surface area contributed by atoms with Crippen molar-refractivity contribution in [3.05, 3.63) is 76.8 Å². The second-order valence-corrected chi connectivity index (χ2v) is 8.04. The number of amides is 1. The summed E-state index contributed by atoms with van der Waals surface area (Å²) in [5, 5.41) is 8.98. The van der Waals surface area contributed by atoms with Crippen LogP contribution in [-0.2, 0) is 17.4 Å². The van der Waals surface area contributed by atoms with Gasteiger partial charge in [0.25, 0.3) is 5.91 Å². The standard InChI is InChI=1S/C21H20ClN3O3S/c1-2-29(27)25-21(26)17-5-3-4-16(14-17)19-10-11-20(24-23-19)28-13-12-15-6-8-18(22)9-7-15/h3-11,14H,2,12-13H2,1H3,(H,25,26). The minimum atomic E-state index is -1.38. The van der Waals surface area contributed by atoms with Gasteiger partial charge in [-0.25, -0.2) is 4.21 Å². The van der Waals surface area contributed by atoms with Gasteiger partial charge in [-0.1, -0.05) is 42.8 Å². The van der Waals surface area contributed by atoms with Crippen molar-refractivity contribution in [3.63, 3.8) is 0 Å². The van der Waals surface area contributed by atoms with Crippen LogP contribution in [0.25, 0.3) is 11.3 Å². The van der Waals surface area contributed by atoms with E-state index in [4.69, 9.17) is 16.3 Å². The number of carbonyl (C=O) groups is 1. The summed E-state index contributed by atoms with van der Waals surface area (Å²) in [5.41, 5.74) is 2.88. The molecule has 8 heteroatoms. The summed E-state index contributed by atoms with van der Waals surface area (Å²) in [4.78, 5) is 12.1. The minimum Gasteiger partial charge on any atom is -0.476 e. The van der Waals surface area contributed by atoms with Crippen molar-refractivity contribution >= 4 is 28.5 Å². The number of hydrogen-bond donors (Lipinski definition) is 1. The Morgan fingerprint density at radius 2 is 1.90 bits per heavy atom. The lowest BCUT2D eigenvalue weighted by Gasteiger charge is -2.07. The number of benzene rings is 2. The van der Waals surface area contributed by atoms with E-state index < -0.39 is 11.0 Å². The summed E-state index contributed by atoms with van der Waals surface area (Å²) in [6.07, 6.45) is 0.733. The van der Waals surface area contributed by atoms with Crippen molar-refractivity contribution in [1.82, 2.24) is 14.9 Å². The number of rotatable bonds is 8. The fourth-order valence-corrected chi connectivity index (χ4v) is 3.12. The molecule has 0 spiro atoms. The van der Waals surface area contributed by atoms with Gasteiger partial charge in [0.2, 0.25) is 5.88 Å². The fourth-order valence-electron chi connectivity index (χ4n) is 2.53. The van der Waals surface area contributed by atoms with Crippen molar-refractivity contribution < 1.29 is 13.7 Å². The second kappa shape index (κ2) is 10.1. The van der Waals surface area contributed by atoms with E-state index in [-0.39, 0.29) is 5.91 Å². The zero-order chi connectivity index (χ0) is 20.6. The van der Waals surface area contributed by atoms with E-state index >= 15 is 0 Å². The van der Waals surface area contributed by atoms with Crippen molar-refractivity contribution in [2.24, 2.45) is 0 Å². The highest BCUT2D eigenvalue weighted by Crippen LogP contribution is 2.19. The smallest absolute Gasteiger partial charge is 0.262 e. The predicted octanol–water partition coefficient (Wildman–Crippen LogP) is 3.83. The molecule has 1 heterocycles. The van der Waals surface area contributed by atoms with Crippen LogP contribution in [0.15, 0.2) is 60.7 Å². The molecule has 2 aromatic carbocycles. The van der Waals surface area contributed by atoms with E-state index in [0.717, 1.165) is 17.5 Å². The van der Waals surface area contributed by atoms with Crippen LogP contribution in [0.1, 0.15) is 22.8 Å². The molecule has 1 atom stereocenters. The maximum Gasteiger partial charge on any atom is 0.262 e. The highest BCUT2D eigenvalue weighted by Gasteiger charge is 2.10. The molecule has 0 fully saturated rings. The van der Waals surface area contributed by atoms with Gasteiger partial charge in [-0.05, 0) is 35.9 Å². The van der Waals surface area contributed by atoms with E-state index in [1.807, 2.05) is 30.3 Å². The summed E-state index contributed by atoms with van der Waals surface area (Å²) < 4.78 is 19.6. The molecule has 0 radical (unpaired) electrons. The Kier molecular flexibility index (Phi) is 7.32. The highest BCUT2D eigenvalue weighted by molar-refractivity contribution is 7.83. The highest BCUT2D eigenvalue weighted by atomic mass is 35.5. The Morgan fingerprint density at radius 3 is 2.59 bits per heavy atom. The van der Waals surface area contributed by atoms with Gasteiger partial charge in [-0.3, -0.25) is 9.52 Å². The Morgan fingerprint density at radius 1 is 1.10 bits per heavy atom. The summed E-state index contributed by atoms with van der Waals surface area (Å²) in [6, 6.07) is 18.1. The largest absolute Gasteiger partial charge is 0.476 e. The number of halogens is 1. The van der Waals surface area contributed by atoms with Crippen LogP contribution in [0, 0.1) is 0 Å². The zero-order valence-electron chi connectivity index (χ0n) is 15.8. The topological polar surface area (TPSA) is 81.2 Å². The lowest BCUT2D eigenvalue weighted by atomic mass is 10.1. The molecule has 1 aromatic heterocycles. The number of aromatic nitrogens is 2. The summed E-state index contributed by atoms with van der Waals surface area (Å²) in [7, 11) is -1.38. The van der Waals surface area contributed by atoms with Crippen molar-refractivity contribution in [1.29, 1.82) is 0 Å². The molecule has 0 saturated heterocycles. The third-order valence-electron chi connectivity index (χ3n) is 4.08. The quantitative estimate of drug-likeness (QED) is 0.588. The van der Waals surface area contributed by atoms with Gasteiger partial charge in [-0.2, -0.15) is 0 Å². The summed E-state index contributed by atoms with van der Waals surface area (Å²) in [6.45, 7) is 2.21. The van der Waals surface area contributed by atoms with Crippen molar-refractivity contribution in [3.8, 4) is 17.1 Å². The molecule has 1 N–H and O–H groups in total. The third kappa shape index (κ3) is 6.10. The van der Waals surface area contributed by atoms with Crippen LogP contribution in [-0.4, -0.2) is 32.7 Å². The summed E-state index contributed by atoms with van der Waals surface area (Å²) >= 11 is 5.88. The molecular formula is C21H20ClN3O3S. The van der Waals surface area contributed by atoms with Gasteiger partial charge in [0, 0.05) is 34.4 Å². The van der Waals surface area contributed by atoms with Gasteiger partial charge in [0.1, 0.15) is 11.0 Å². The fraction of sp³-hybridized carbons (Fsp3) is 0.190. The van der Waals surface area contributed by atoms with Gasteiger partial charge >= 0.3 is 0 Å². The lowest BCUT2D eigenvalue weighted by Crippen LogP contribution is -2.26. The van der Waals surface area contributed by atoms with E-state index in [1.165, 1.54) is 0 Å². The van der Waals surface area contributed by atoms with Crippen LogP contribution in [0.5, 0.6) is 5.88 Å². The molecule has 1 amide bonds. The van der Waals surface area contributed by atoms with E-state index in [9.17, 15) is 9.00 Å². The normalized spacial score (nSPS) is 11.7. The van der Waals surface area contributed by atoms with Crippen LogP contribution in [0.4, 0.5) is 0 Å². The second-order valence-electron chi connectivity index (χ2n) is 6.13. The van der Waals surface area contributed by atoms with E-state index in [2.05, 4.69) is 14.9 Å². The number of hydrogen-bond acceptors (Lipinski definition) is 5. The minimum absolute atomic E-state index is 0.358. The lowest BCUT2D eigenvalue weighted by molar-refractivity contribution is 0.0983. The number of nitrogens with one attached hydrogen (secondary N) is 1. The average Bonchev–Trinajstić information content (AvgIpc) is 2.75. The first kappa shape index (κ1) is 21.0. The van der Waals surface area contributed by atoms with Crippen LogP contribution in [0.3, 0.4) is 0 Å². The van der Waals surface area contributed by atoms with Crippen molar-refractivity contribution in [2.45, 2.75) is 13.3 Å². The molecule has 6 nitrogen and oxygen atoms in total. The first-order chi connectivity index (χ1) is 14.0. The molecule has 0 aliphatic rings. The molecule has 3 rings (SSSR count). The number of carbonyl (C=O) groups excluding carboxylic acids is 1. The zero-order valence-corrected chi connectivity index (χ0v) is 17.4. The first-order valence-corrected chi connectivity index (χ1v) is 10.8. The van der Waals surface area contributed by atoms with Crippen LogP contribution >= 0.6 is 11.6 Å². The molecule has 29 heavy (non-hydrogen) atoms. The molecule has 0 saturated carbocycles. The Labute approximate surface area is 176 Å². The average molecular weight is 430 g/mol.